The maximum absolute atomic E-state index is 6.09. The number of ether oxygens (including phenoxy) is 1. The van der Waals surface area contributed by atoms with Crippen LogP contribution in [0.5, 0.6) is 0 Å². The van der Waals surface area contributed by atoms with Crippen LogP contribution in [0.2, 0.25) is 5.02 Å². The zero-order valence-corrected chi connectivity index (χ0v) is 11.7. The SMILES string of the molecule is COCCNCCCCn1nc(C)c(Cl)c1C. The summed E-state index contributed by atoms with van der Waals surface area (Å²) in [6.45, 7) is 7.61. The van der Waals surface area contributed by atoms with Crippen molar-refractivity contribution in [3.8, 4) is 0 Å². The highest BCUT2D eigenvalue weighted by Crippen LogP contribution is 2.19. The van der Waals surface area contributed by atoms with E-state index in [1.807, 2.05) is 18.5 Å². The van der Waals surface area contributed by atoms with E-state index in [-0.39, 0.29) is 0 Å². The van der Waals surface area contributed by atoms with Crippen LogP contribution in [0.4, 0.5) is 0 Å². The average Bonchev–Trinajstić information content (AvgIpc) is 2.56. The molecule has 0 saturated heterocycles. The Labute approximate surface area is 108 Å². The number of nitrogens with one attached hydrogen (secondary N) is 1. The van der Waals surface area contributed by atoms with Gasteiger partial charge in [0.05, 0.1) is 23.0 Å². The molecule has 98 valence electrons. The summed E-state index contributed by atoms with van der Waals surface area (Å²) in [5.41, 5.74) is 1.99. The summed E-state index contributed by atoms with van der Waals surface area (Å²) < 4.78 is 6.95. The molecule has 1 rings (SSSR count). The van der Waals surface area contributed by atoms with E-state index in [1.54, 1.807) is 7.11 Å². The van der Waals surface area contributed by atoms with Gasteiger partial charge in [-0.2, -0.15) is 5.10 Å². The third kappa shape index (κ3) is 4.66. The molecule has 0 aliphatic heterocycles. The van der Waals surface area contributed by atoms with Gasteiger partial charge in [0.25, 0.3) is 0 Å². The minimum atomic E-state index is 0.771. The predicted molar refractivity (Wildman–Crippen MR) is 70.7 cm³/mol. The molecule has 0 fully saturated rings. The van der Waals surface area contributed by atoms with Crippen LogP contribution in [0.15, 0.2) is 0 Å². The van der Waals surface area contributed by atoms with Gasteiger partial charge in [0.2, 0.25) is 0 Å². The standard InChI is InChI=1S/C12H22ClN3O/c1-10-12(13)11(2)16(15-10)8-5-4-6-14-7-9-17-3/h14H,4-9H2,1-3H3. The van der Waals surface area contributed by atoms with Gasteiger partial charge in [-0.15, -0.1) is 0 Å². The van der Waals surface area contributed by atoms with E-state index in [0.717, 1.165) is 55.5 Å². The van der Waals surface area contributed by atoms with E-state index in [2.05, 4.69) is 10.4 Å². The minimum absolute atomic E-state index is 0.771. The van der Waals surface area contributed by atoms with E-state index in [4.69, 9.17) is 16.3 Å². The van der Waals surface area contributed by atoms with Gasteiger partial charge in [0.1, 0.15) is 0 Å². The Hall–Kier alpha value is -0.580. The third-order valence-corrected chi connectivity index (χ3v) is 3.30. The van der Waals surface area contributed by atoms with Crippen LogP contribution in [0.25, 0.3) is 0 Å². The van der Waals surface area contributed by atoms with Crippen molar-refractivity contribution in [1.82, 2.24) is 15.1 Å². The average molecular weight is 260 g/mol. The molecule has 0 aliphatic rings. The molecular formula is C12H22ClN3O. The Kier molecular flexibility index (Phi) is 6.55. The topological polar surface area (TPSA) is 39.1 Å². The Bertz CT molecular complexity index is 339. The minimum Gasteiger partial charge on any atom is -0.383 e. The Morgan fingerprint density at radius 1 is 1.29 bits per heavy atom. The van der Waals surface area contributed by atoms with Gasteiger partial charge in [-0.25, -0.2) is 0 Å². The number of aromatic nitrogens is 2. The van der Waals surface area contributed by atoms with Gasteiger partial charge in [0.15, 0.2) is 0 Å². The highest BCUT2D eigenvalue weighted by Gasteiger charge is 2.07. The lowest BCUT2D eigenvalue weighted by Gasteiger charge is -2.05. The van der Waals surface area contributed by atoms with Crippen LogP contribution in [-0.4, -0.2) is 36.6 Å². The fourth-order valence-electron chi connectivity index (χ4n) is 1.70. The Morgan fingerprint density at radius 2 is 2.06 bits per heavy atom. The highest BCUT2D eigenvalue weighted by molar-refractivity contribution is 6.31. The number of methoxy groups -OCH3 is 1. The lowest BCUT2D eigenvalue weighted by atomic mass is 10.3. The molecule has 0 bridgehead atoms. The van der Waals surface area contributed by atoms with Crippen LogP contribution in [0.1, 0.15) is 24.2 Å². The second kappa shape index (κ2) is 7.69. The summed E-state index contributed by atoms with van der Waals surface area (Å²) in [6.07, 6.45) is 2.25. The molecule has 0 atom stereocenters. The van der Waals surface area contributed by atoms with Gasteiger partial charge in [-0.05, 0) is 33.2 Å². The molecule has 17 heavy (non-hydrogen) atoms. The van der Waals surface area contributed by atoms with E-state index in [0.29, 0.717) is 0 Å². The molecule has 0 spiro atoms. The maximum Gasteiger partial charge on any atom is 0.0844 e. The fraction of sp³-hybridized carbons (Fsp3) is 0.750. The van der Waals surface area contributed by atoms with Crippen molar-refractivity contribution < 1.29 is 4.74 Å². The summed E-state index contributed by atoms with van der Waals surface area (Å²) >= 11 is 6.09. The molecule has 1 aromatic rings. The third-order valence-electron chi connectivity index (χ3n) is 2.75. The molecule has 1 N–H and O–H groups in total. The van der Waals surface area contributed by atoms with E-state index in [1.165, 1.54) is 0 Å². The normalized spacial score (nSPS) is 11.1. The molecule has 0 amide bonds. The Balaban J connectivity index is 2.16. The molecular weight excluding hydrogens is 238 g/mol. The van der Waals surface area contributed by atoms with Gasteiger partial charge < -0.3 is 10.1 Å². The fourth-order valence-corrected chi connectivity index (χ4v) is 1.84. The summed E-state index contributed by atoms with van der Waals surface area (Å²) in [6, 6.07) is 0. The molecule has 0 aromatic carbocycles. The van der Waals surface area contributed by atoms with Gasteiger partial charge in [-0.3, -0.25) is 4.68 Å². The van der Waals surface area contributed by atoms with Crippen LogP contribution in [0, 0.1) is 13.8 Å². The van der Waals surface area contributed by atoms with Crippen LogP contribution in [-0.2, 0) is 11.3 Å². The first-order valence-electron chi connectivity index (χ1n) is 6.06. The van der Waals surface area contributed by atoms with Crippen LogP contribution in [0.3, 0.4) is 0 Å². The molecule has 4 nitrogen and oxygen atoms in total. The summed E-state index contributed by atoms with van der Waals surface area (Å²) in [5.74, 6) is 0. The number of hydrogen-bond donors (Lipinski definition) is 1. The first kappa shape index (κ1) is 14.5. The molecule has 0 unspecified atom stereocenters. The number of hydrogen-bond acceptors (Lipinski definition) is 3. The quantitative estimate of drug-likeness (QED) is 0.728. The zero-order valence-electron chi connectivity index (χ0n) is 10.9. The molecule has 1 heterocycles. The summed E-state index contributed by atoms with van der Waals surface area (Å²) in [7, 11) is 1.72. The second-order valence-electron chi connectivity index (χ2n) is 4.16. The van der Waals surface area contributed by atoms with Crippen LogP contribution >= 0.6 is 11.6 Å². The lowest BCUT2D eigenvalue weighted by molar-refractivity contribution is 0.199. The lowest BCUT2D eigenvalue weighted by Crippen LogP contribution is -2.20. The van der Waals surface area contributed by atoms with E-state index < -0.39 is 0 Å². The maximum atomic E-state index is 6.09. The smallest absolute Gasteiger partial charge is 0.0844 e. The van der Waals surface area contributed by atoms with Crippen LogP contribution < -0.4 is 5.32 Å². The molecule has 1 aromatic heterocycles. The number of nitrogens with zero attached hydrogens (tertiary/aromatic N) is 2. The molecule has 0 saturated carbocycles. The number of unbranched alkanes of at least 4 members (excludes halogenated alkanes) is 1. The van der Waals surface area contributed by atoms with Crippen molar-refractivity contribution in [3.05, 3.63) is 16.4 Å². The highest BCUT2D eigenvalue weighted by atomic mass is 35.5. The number of halogens is 1. The molecule has 5 heteroatoms. The summed E-state index contributed by atoms with van der Waals surface area (Å²) in [4.78, 5) is 0. The van der Waals surface area contributed by atoms with Gasteiger partial charge >= 0.3 is 0 Å². The molecule has 0 aliphatic carbocycles. The second-order valence-corrected chi connectivity index (χ2v) is 4.54. The molecule has 0 radical (unpaired) electrons. The summed E-state index contributed by atoms with van der Waals surface area (Å²) in [5, 5.41) is 8.52. The first-order chi connectivity index (χ1) is 8.16. The van der Waals surface area contributed by atoms with Crippen molar-refractivity contribution in [1.29, 1.82) is 0 Å². The van der Waals surface area contributed by atoms with E-state index >= 15 is 0 Å². The first-order valence-corrected chi connectivity index (χ1v) is 6.43. The number of aryl methyl sites for hydroxylation is 2. The van der Waals surface area contributed by atoms with Crippen molar-refractivity contribution in [3.63, 3.8) is 0 Å². The van der Waals surface area contributed by atoms with Gasteiger partial charge in [-0.1, -0.05) is 11.6 Å². The Morgan fingerprint density at radius 3 is 2.65 bits per heavy atom. The predicted octanol–water partition coefficient (Wildman–Crippen LogP) is 2.17. The van der Waals surface area contributed by atoms with E-state index in [9.17, 15) is 0 Å². The zero-order chi connectivity index (χ0) is 12.7. The van der Waals surface area contributed by atoms with Gasteiger partial charge in [0, 0.05) is 20.2 Å². The van der Waals surface area contributed by atoms with Crippen molar-refractivity contribution in [2.75, 3.05) is 26.8 Å². The monoisotopic (exact) mass is 259 g/mol. The van der Waals surface area contributed by atoms with Crippen molar-refractivity contribution in [2.24, 2.45) is 0 Å². The number of rotatable bonds is 8. The van der Waals surface area contributed by atoms with Crippen molar-refractivity contribution >= 4 is 11.6 Å². The van der Waals surface area contributed by atoms with Crippen molar-refractivity contribution in [2.45, 2.75) is 33.2 Å². The largest absolute Gasteiger partial charge is 0.383 e.